The number of carbonyl (C=O) groups excluding carboxylic acids is 1. The van der Waals surface area contributed by atoms with Gasteiger partial charge in [0.25, 0.3) is 5.91 Å². The van der Waals surface area contributed by atoms with Crippen LogP contribution in [0.1, 0.15) is 0 Å². The van der Waals surface area contributed by atoms with E-state index in [1.807, 2.05) is 18.2 Å². The van der Waals surface area contributed by atoms with Gasteiger partial charge in [-0.05, 0) is 24.3 Å². The van der Waals surface area contributed by atoms with E-state index < -0.39 is 0 Å². The highest BCUT2D eigenvalue weighted by atomic mass is 19.1. The largest absolute Gasteiger partial charge is 0.484 e. The molecular formula is C17H18FN3O2. The minimum atomic E-state index is -0.376. The topological polar surface area (TPSA) is 45.7 Å². The Morgan fingerprint density at radius 1 is 1.13 bits per heavy atom. The lowest BCUT2D eigenvalue weighted by molar-refractivity contribution is -0.133. The van der Waals surface area contributed by atoms with Crippen molar-refractivity contribution in [2.45, 2.75) is 0 Å². The van der Waals surface area contributed by atoms with Crippen LogP contribution in [0.25, 0.3) is 0 Å². The highest BCUT2D eigenvalue weighted by molar-refractivity contribution is 5.78. The molecule has 0 atom stereocenters. The fourth-order valence-corrected chi connectivity index (χ4v) is 2.52. The predicted octanol–water partition coefficient (Wildman–Crippen LogP) is 1.95. The van der Waals surface area contributed by atoms with E-state index in [-0.39, 0.29) is 18.3 Å². The van der Waals surface area contributed by atoms with Gasteiger partial charge in [0, 0.05) is 38.4 Å². The lowest BCUT2D eigenvalue weighted by Crippen LogP contribution is -2.50. The number of pyridine rings is 1. The van der Waals surface area contributed by atoms with E-state index in [1.54, 1.807) is 23.2 Å². The summed E-state index contributed by atoms with van der Waals surface area (Å²) in [7, 11) is 0. The molecule has 5 nitrogen and oxygen atoms in total. The smallest absolute Gasteiger partial charge is 0.260 e. The first-order chi connectivity index (χ1) is 11.2. The van der Waals surface area contributed by atoms with Crippen molar-refractivity contribution in [1.82, 2.24) is 9.88 Å². The van der Waals surface area contributed by atoms with Crippen molar-refractivity contribution in [1.29, 1.82) is 0 Å². The Kier molecular flexibility index (Phi) is 4.71. The van der Waals surface area contributed by atoms with E-state index in [1.165, 1.54) is 12.1 Å². The number of amides is 1. The molecule has 1 amide bonds. The van der Waals surface area contributed by atoms with Gasteiger partial charge in [0.2, 0.25) is 0 Å². The molecule has 6 heteroatoms. The summed E-state index contributed by atoms with van der Waals surface area (Å²) in [4.78, 5) is 20.4. The number of hydrogen-bond acceptors (Lipinski definition) is 4. The molecule has 0 N–H and O–H groups in total. The molecular weight excluding hydrogens is 297 g/mol. The zero-order valence-electron chi connectivity index (χ0n) is 12.7. The molecule has 1 aliphatic heterocycles. The molecule has 120 valence electrons. The fraction of sp³-hybridized carbons (Fsp3) is 0.294. The van der Waals surface area contributed by atoms with Crippen molar-refractivity contribution < 1.29 is 13.9 Å². The van der Waals surface area contributed by atoms with Crippen molar-refractivity contribution in [2.75, 3.05) is 37.7 Å². The first-order valence-electron chi connectivity index (χ1n) is 7.54. The molecule has 3 rings (SSSR count). The summed E-state index contributed by atoms with van der Waals surface area (Å²) < 4.78 is 18.4. The quantitative estimate of drug-likeness (QED) is 0.865. The highest BCUT2D eigenvalue weighted by Crippen LogP contribution is 2.14. The number of ether oxygens (including phenoxy) is 1. The number of aromatic nitrogens is 1. The van der Waals surface area contributed by atoms with E-state index in [0.717, 1.165) is 18.9 Å². The Labute approximate surface area is 134 Å². The van der Waals surface area contributed by atoms with Crippen molar-refractivity contribution in [3.05, 3.63) is 54.5 Å². The predicted molar refractivity (Wildman–Crippen MR) is 84.9 cm³/mol. The molecule has 2 aromatic rings. The summed E-state index contributed by atoms with van der Waals surface area (Å²) >= 11 is 0. The summed E-state index contributed by atoms with van der Waals surface area (Å²) in [6.07, 6.45) is 1.76. The average Bonchev–Trinajstić information content (AvgIpc) is 2.61. The monoisotopic (exact) mass is 315 g/mol. The Hall–Kier alpha value is -2.63. The van der Waals surface area contributed by atoms with Gasteiger partial charge in [-0.3, -0.25) is 4.79 Å². The number of piperazine rings is 1. The van der Waals surface area contributed by atoms with Crippen LogP contribution in [0.3, 0.4) is 0 Å². The van der Waals surface area contributed by atoms with Gasteiger partial charge in [-0.25, -0.2) is 9.37 Å². The van der Waals surface area contributed by atoms with E-state index in [0.29, 0.717) is 18.8 Å². The van der Waals surface area contributed by atoms with Crippen LogP contribution in [0.15, 0.2) is 48.7 Å². The minimum absolute atomic E-state index is 0.0763. The standard InChI is InChI=1S/C17H18FN3O2/c18-14-4-3-5-15(12-14)23-13-17(22)21-10-8-20(9-11-21)16-6-1-2-7-19-16/h1-7,12H,8-11,13H2. The minimum Gasteiger partial charge on any atom is -0.484 e. The third-order valence-electron chi connectivity index (χ3n) is 3.76. The fourth-order valence-electron chi connectivity index (χ4n) is 2.52. The van der Waals surface area contributed by atoms with Crippen LogP contribution >= 0.6 is 0 Å². The molecule has 0 saturated carbocycles. The van der Waals surface area contributed by atoms with Gasteiger partial charge in [-0.15, -0.1) is 0 Å². The molecule has 1 aliphatic rings. The second-order valence-corrected chi connectivity index (χ2v) is 5.30. The summed E-state index contributed by atoms with van der Waals surface area (Å²) in [5.41, 5.74) is 0. The maximum atomic E-state index is 13.1. The molecule has 0 radical (unpaired) electrons. The number of carbonyl (C=O) groups is 1. The van der Waals surface area contributed by atoms with Gasteiger partial charge in [0.05, 0.1) is 0 Å². The van der Waals surface area contributed by atoms with Crippen molar-refractivity contribution >= 4 is 11.7 Å². The van der Waals surface area contributed by atoms with Crippen molar-refractivity contribution in [2.24, 2.45) is 0 Å². The number of halogens is 1. The van der Waals surface area contributed by atoms with Crippen molar-refractivity contribution in [3.8, 4) is 5.75 Å². The zero-order valence-corrected chi connectivity index (χ0v) is 12.7. The van der Waals surface area contributed by atoms with E-state index in [2.05, 4.69) is 9.88 Å². The number of benzene rings is 1. The van der Waals surface area contributed by atoms with Crippen LogP contribution < -0.4 is 9.64 Å². The number of hydrogen-bond donors (Lipinski definition) is 0. The maximum Gasteiger partial charge on any atom is 0.260 e. The first-order valence-corrected chi connectivity index (χ1v) is 7.54. The van der Waals surface area contributed by atoms with Crippen LogP contribution in [-0.2, 0) is 4.79 Å². The third kappa shape index (κ3) is 3.97. The zero-order chi connectivity index (χ0) is 16.1. The Morgan fingerprint density at radius 2 is 1.96 bits per heavy atom. The summed E-state index contributed by atoms with van der Waals surface area (Å²) in [6, 6.07) is 11.6. The van der Waals surface area contributed by atoms with E-state index in [4.69, 9.17) is 4.74 Å². The third-order valence-corrected chi connectivity index (χ3v) is 3.76. The SMILES string of the molecule is O=C(COc1cccc(F)c1)N1CCN(c2ccccn2)CC1. The normalized spacial score (nSPS) is 14.7. The molecule has 0 bridgehead atoms. The second kappa shape index (κ2) is 7.09. The lowest BCUT2D eigenvalue weighted by atomic mass is 10.3. The molecule has 0 spiro atoms. The molecule has 0 unspecified atom stereocenters. The molecule has 0 aliphatic carbocycles. The van der Waals surface area contributed by atoms with E-state index in [9.17, 15) is 9.18 Å². The van der Waals surface area contributed by atoms with Gasteiger partial charge < -0.3 is 14.5 Å². The van der Waals surface area contributed by atoms with Crippen LogP contribution in [0.5, 0.6) is 5.75 Å². The van der Waals surface area contributed by atoms with Gasteiger partial charge in [0.1, 0.15) is 17.4 Å². The molecule has 1 saturated heterocycles. The highest BCUT2D eigenvalue weighted by Gasteiger charge is 2.22. The van der Waals surface area contributed by atoms with Gasteiger partial charge >= 0.3 is 0 Å². The van der Waals surface area contributed by atoms with Gasteiger partial charge in [-0.1, -0.05) is 12.1 Å². The second-order valence-electron chi connectivity index (χ2n) is 5.30. The number of rotatable bonds is 4. The van der Waals surface area contributed by atoms with Crippen LogP contribution in [0, 0.1) is 5.82 Å². The van der Waals surface area contributed by atoms with Gasteiger partial charge in [0.15, 0.2) is 6.61 Å². The Balaban J connectivity index is 1.48. The molecule has 1 aromatic heterocycles. The van der Waals surface area contributed by atoms with Gasteiger partial charge in [-0.2, -0.15) is 0 Å². The summed E-state index contributed by atoms with van der Waals surface area (Å²) in [6.45, 7) is 2.66. The van der Waals surface area contributed by atoms with Crippen LogP contribution in [0.4, 0.5) is 10.2 Å². The summed E-state index contributed by atoms with van der Waals surface area (Å²) in [5, 5.41) is 0. The average molecular weight is 315 g/mol. The Morgan fingerprint density at radius 3 is 2.65 bits per heavy atom. The Bertz CT molecular complexity index is 658. The molecule has 1 fully saturated rings. The first kappa shape index (κ1) is 15.3. The number of anilines is 1. The van der Waals surface area contributed by atoms with Crippen LogP contribution in [0.2, 0.25) is 0 Å². The molecule has 1 aromatic carbocycles. The van der Waals surface area contributed by atoms with E-state index >= 15 is 0 Å². The van der Waals surface area contributed by atoms with Crippen molar-refractivity contribution in [3.63, 3.8) is 0 Å². The molecule has 2 heterocycles. The van der Waals surface area contributed by atoms with Crippen LogP contribution in [-0.4, -0.2) is 48.6 Å². The summed E-state index contributed by atoms with van der Waals surface area (Å²) in [5.74, 6) is 0.829. The number of nitrogens with zero attached hydrogens (tertiary/aromatic N) is 3. The molecule has 23 heavy (non-hydrogen) atoms. The maximum absolute atomic E-state index is 13.1. The lowest BCUT2D eigenvalue weighted by Gasteiger charge is -2.35.